The van der Waals surface area contributed by atoms with Gasteiger partial charge in [-0.05, 0) is 24.3 Å². The summed E-state index contributed by atoms with van der Waals surface area (Å²) in [6.07, 6.45) is 0. The average molecular weight is 250 g/mol. The number of carbonyl (C=O) groups excluding carboxylic acids is 2. The zero-order chi connectivity index (χ0) is 13.4. The molecule has 0 radical (unpaired) electrons. The van der Waals surface area contributed by atoms with Crippen molar-refractivity contribution >= 4 is 11.8 Å². The molecule has 1 aromatic rings. The molecule has 0 aliphatic carbocycles. The number of nitrogens with zero attached hydrogens (tertiary/aromatic N) is 2. The van der Waals surface area contributed by atoms with Crippen LogP contribution in [0.15, 0.2) is 29.4 Å². The quantitative estimate of drug-likeness (QED) is 0.351. The molecule has 0 fully saturated rings. The van der Waals surface area contributed by atoms with Gasteiger partial charge in [0.05, 0.1) is 7.11 Å². The highest BCUT2D eigenvalue weighted by Gasteiger charge is 2.08. The van der Waals surface area contributed by atoms with Crippen LogP contribution in [0, 0.1) is 5.53 Å². The summed E-state index contributed by atoms with van der Waals surface area (Å²) >= 11 is 0. The van der Waals surface area contributed by atoms with Crippen molar-refractivity contribution in [3.05, 3.63) is 29.8 Å². The van der Waals surface area contributed by atoms with Crippen LogP contribution in [0.5, 0.6) is 5.75 Å². The summed E-state index contributed by atoms with van der Waals surface area (Å²) < 4.78 is 9.54. The molecule has 0 bridgehead atoms. The summed E-state index contributed by atoms with van der Waals surface area (Å²) in [4.78, 5) is 25.1. The number of hydrogen-bond donors (Lipinski definition) is 1. The molecule has 0 aliphatic heterocycles. The fourth-order valence-electron chi connectivity index (χ4n) is 1.13. The SMILES string of the molecule is COC(=O)COc1ccc(C(=O)CN=[N+]=N)cc1. The normalized spacial score (nSPS) is 9.17. The fourth-order valence-corrected chi connectivity index (χ4v) is 1.13. The summed E-state index contributed by atoms with van der Waals surface area (Å²) in [5.41, 5.74) is 6.89. The van der Waals surface area contributed by atoms with E-state index < -0.39 is 5.97 Å². The van der Waals surface area contributed by atoms with Gasteiger partial charge in [-0.15, -0.1) is 0 Å². The Balaban J connectivity index is 2.59. The second-order valence-electron chi connectivity index (χ2n) is 3.21. The van der Waals surface area contributed by atoms with Gasteiger partial charge in [-0.1, -0.05) is 0 Å². The van der Waals surface area contributed by atoms with Gasteiger partial charge in [0.2, 0.25) is 4.91 Å². The van der Waals surface area contributed by atoms with E-state index in [9.17, 15) is 9.59 Å². The molecule has 7 nitrogen and oxygen atoms in total. The minimum atomic E-state index is -0.481. The Bertz CT molecular complexity index is 478. The van der Waals surface area contributed by atoms with E-state index in [-0.39, 0.29) is 18.9 Å². The van der Waals surface area contributed by atoms with E-state index in [1.165, 1.54) is 7.11 Å². The van der Waals surface area contributed by atoms with Crippen LogP contribution in [0.25, 0.3) is 0 Å². The van der Waals surface area contributed by atoms with Crippen molar-refractivity contribution < 1.29 is 19.1 Å². The van der Waals surface area contributed by atoms with Gasteiger partial charge in [0.15, 0.2) is 18.9 Å². The lowest BCUT2D eigenvalue weighted by molar-refractivity contribution is -0.142. The zero-order valence-electron chi connectivity index (χ0n) is 9.75. The van der Waals surface area contributed by atoms with E-state index >= 15 is 0 Å². The van der Waals surface area contributed by atoms with E-state index in [1.54, 1.807) is 24.3 Å². The van der Waals surface area contributed by atoms with Gasteiger partial charge in [0.1, 0.15) is 16.4 Å². The maximum absolute atomic E-state index is 11.5. The molecule has 1 aromatic carbocycles. The summed E-state index contributed by atoms with van der Waals surface area (Å²) in [5, 5.41) is 3.29. The van der Waals surface area contributed by atoms with Crippen LogP contribution in [-0.4, -0.2) is 32.0 Å². The Morgan fingerprint density at radius 1 is 1.33 bits per heavy atom. The van der Waals surface area contributed by atoms with Crippen molar-refractivity contribution in [2.24, 2.45) is 5.11 Å². The Morgan fingerprint density at radius 2 is 2.00 bits per heavy atom. The standard InChI is InChI=1S/C11H12N3O4/c1-17-11(16)7-18-9-4-2-8(3-5-9)10(15)6-13-14-12/h2-5,12H,6-7H2,1H3/q+1. The smallest absolute Gasteiger partial charge is 0.343 e. The van der Waals surface area contributed by atoms with Gasteiger partial charge in [-0.25, -0.2) is 4.79 Å². The molecule has 0 saturated heterocycles. The topological polar surface area (TPSA) is 103 Å². The van der Waals surface area contributed by atoms with Gasteiger partial charge < -0.3 is 9.47 Å². The third-order valence-electron chi connectivity index (χ3n) is 2.05. The summed E-state index contributed by atoms with van der Waals surface area (Å²) in [7, 11) is 1.27. The maximum atomic E-state index is 11.5. The van der Waals surface area contributed by atoms with Crippen molar-refractivity contribution in [2.45, 2.75) is 0 Å². The number of carbonyl (C=O) groups is 2. The van der Waals surface area contributed by atoms with Crippen LogP contribution in [0.3, 0.4) is 0 Å². The molecular formula is C11H12N3O4+. The van der Waals surface area contributed by atoms with E-state index in [0.29, 0.717) is 11.3 Å². The maximum Gasteiger partial charge on any atom is 0.343 e. The van der Waals surface area contributed by atoms with Crippen molar-refractivity contribution in [3.63, 3.8) is 0 Å². The molecule has 1 rings (SSSR count). The highest BCUT2D eigenvalue weighted by Crippen LogP contribution is 2.12. The summed E-state index contributed by atoms with van der Waals surface area (Å²) in [6.45, 7) is -0.345. The van der Waals surface area contributed by atoms with Crippen LogP contribution in [0.4, 0.5) is 0 Å². The van der Waals surface area contributed by atoms with Crippen molar-refractivity contribution in [1.82, 2.24) is 4.91 Å². The summed E-state index contributed by atoms with van der Waals surface area (Å²) in [6, 6.07) is 6.23. The molecule has 0 amide bonds. The van der Waals surface area contributed by atoms with Gasteiger partial charge in [0, 0.05) is 5.56 Å². The number of ether oxygens (including phenoxy) is 2. The van der Waals surface area contributed by atoms with Gasteiger partial charge in [0.25, 0.3) is 0 Å². The number of hydrogen-bond acceptors (Lipinski definition) is 6. The van der Waals surface area contributed by atoms with Crippen LogP contribution in [0.2, 0.25) is 0 Å². The van der Waals surface area contributed by atoms with Crippen molar-refractivity contribution in [2.75, 3.05) is 20.3 Å². The number of esters is 1. The van der Waals surface area contributed by atoms with E-state index in [2.05, 4.69) is 14.8 Å². The molecule has 0 aromatic heterocycles. The van der Waals surface area contributed by atoms with Crippen LogP contribution in [0.1, 0.15) is 10.4 Å². The molecule has 94 valence electrons. The van der Waals surface area contributed by atoms with Crippen LogP contribution < -0.4 is 9.65 Å². The lowest BCUT2D eigenvalue weighted by atomic mass is 10.1. The third kappa shape index (κ3) is 4.15. The molecule has 0 spiro atoms. The lowest BCUT2D eigenvalue weighted by Crippen LogP contribution is -2.12. The highest BCUT2D eigenvalue weighted by atomic mass is 16.6. The van der Waals surface area contributed by atoms with Gasteiger partial charge >= 0.3 is 5.97 Å². The Morgan fingerprint density at radius 3 is 2.56 bits per heavy atom. The average Bonchev–Trinajstić information content (AvgIpc) is 2.42. The molecule has 0 aliphatic rings. The monoisotopic (exact) mass is 250 g/mol. The second-order valence-corrected chi connectivity index (χ2v) is 3.21. The van der Waals surface area contributed by atoms with Crippen LogP contribution >= 0.6 is 0 Å². The Hall–Kier alpha value is -2.53. The predicted octanol–water partition coefficient (Wildman–Crippen LogP) is 0.971. The van der Waals surface area contributed by atoms with Gasteiger partial charge in [-0.3, -0.25) is 4.79 Å². The first kappa shape index (κ1) is 13.5. The first-order chi connectivity index (χ1) is 8.67. The molecular weight excluding hydrogens is 238 g/mol. The minimum absolute atomic E-state index is 0.161. The summed E-state index contributed by atoms with van der Waals surface area (Å²) in [5.74, 6) is -0.268. The molecule has 0 unspecified atom stereocenters. The molecule has 0 heterocycles. The van der Waals surface area contributed by atoms with E-state index in [4.69, 9.17) is 10.3 Å². The molecule has 1 N–H and O–H groups in total. The van der Waals surface area contributed by atoms with E-state index in [1.807, 2.05) is 0 Å². The third-order valence-corrected chi connectivity index (χ3v) is 2.05. The first-order valence-electron chi connectivity index (χ1n) is 5.03. The number of ketones is 1. The lowest BCUT2D eigenvalue weighted by Gasteiger charge is -2.04. The molecule has 0 saturated carbocycles. The fraction of sp³-hybridized carbons (Fsp3) is 0.273. The van der Waals surface area contributed by atoms with Crippen molar-refractivity contribution in [3.8, 4) is 5.75 Å². The number of rotatable bonds is 6. The minimum Gasteiger partial charge on any atom is -0.482 e. The number of methoxy groups -OCH3 is 1. The molecule has 18 heavy (non-hydrogen) atoms. The number of benzene rings is 1. The highest BCUT2D eigenvalue weighted by molar-refractivity contribution is 5.97. The first-order valence-corrected chi connectivity index (χ1v) is 5.03. The Labute approximate surface area is 103 Å². The zero-order valence-corrected chi connectivity index (χ0v) is 9.75. The largest absolute Gasteiger partial charge is 0.482 e. The predicted molar refractivity (Wildman–Crippen MR) is 60.4 cm³/mol. The van der Waals surface area contributed by atoms with Gasteiger partial charge in [-0.2, -0.15) is 0 Å². The Kier molecular flexibility index (Phi) is 5.21. The van der Waals surface area contributed by atoms with Crippen molar-refractivity contribution in [1.29, 1.82) is 5.53 Å². The second kappa shape index (κ2) is 6.93. The molecule has 7 heteroatoms. The number of Topliss-reactive ketones (excluding diaryl/α,β-unsaturated/α-hetero) is 1. The van der Waals surface area contributed by atoms with Crippen LogP contribution in [-0.2, 0) is 9.53 Å². The molecule has 0 atom stereocenters. The van der Waals surface area contributed by atoms with E-state index in [0.717, 1.165) is 0 Å². The number of nitrogens with one attached hydrogen (secondary N) is 1.